The molecule has 2 heterocycles. The lowest BCUT2D eigenvalue weighted by molar-refractivity contribution is -0.228. The van der Waals surface area contributed by atoms with E-state index in [0.29, 0.717) is 70.9 Å². The highest BCUT2D eigenvalue weighted by molar-refractivity contribution is 5.80. The zero-order chi connectivity index (χ0) is 28.9. The standard InChI is InChI=1S/C30H34F5N3O2/c1-20(39)37-15-13-36(14-16-37)19-27(40)38-12-11-29(18-21-3-7-24(31)8-4-21)25-9-6-23(28(2,32)30(33,34)35)17-22(25)5-10-26(29)38/h3-4,6-9,17,26H,5,10-16,18-19H2,1-2H3/t26-,28?,29-/m1/s1. The predicted octanol–water partition coefficient (Wildman–Crippen LogP) is 4.76. The maximum absolute atomic E-state index is 14.9. The van der Waals surface area contributed by atoms with Crippen LogP contribution < -0.4 is 0 Å². The number of hydrogen-bond donors (Lipinski definition) is 0. The number of likely N-dealkylation sites (tertiary alicyclic amines) is 1. The first kappa shape index (κ1) is 28.5. The number of alkyl halides is 4. The van der Waals surface area contributed by atoms with Crippen molar-refractivity contribution in [2.24, 2.45) is 0 Å². The lowest BCUT2D eigenvalue weighted by Gasteiger charge is -2.44. The molecule has 2 saturated heterocycles. The highest BCUT2D eigenvalue weighted by atomic mass is 19.4. The molecule has 0 N–H and O–H groups in total. The van der Waals surface area contributed by atoms with Gasteiger partial charge in [0.15, 0.2) is 0 Å². The Balaban J connectivity index is 1.44. The van der Waals surface area contributed by atoms with Gasteiger partial charge in [-0.1, -0.05) is 30.3 Å². The van der Waals surface area contributed by atoms with E-state index in [1.54, 1.807) is 23.1 Å². The third-order valence-corrected chi connectivity index (χ3v) is 9.15. The van der Waals surface area contributed by atoms with Crippen molar-refractivity contribution in [3.05, 3.63) is 70.5 Å². The van der Waals surface area contributed by atoms with E-state index in [4.69, 9.17) is 0 Å². The number of amides is 2. The number of nitrogens with zero attached hydrogens (tertiary/aromatic N) is 3. The highest BCUT2D eigenvalue weighted by Gasteiger charge is 2.55. The normalized spacial score (nSPS) is 24.8. The van der Waals surface area contributed by atoms with Gasteiger partial charge in [-0.2, -0.15) is 13.2 Å². The summed E-state index contributed by atoms with van der Waals surface area (Å²) in [5.41, 5.74) is -2.13. The quantitative estimate of drug-likeness (QED) is 0.493. The van der Waals surface area contributed by atoms with Crippen LogP contribution in [-0.4, -0.2) is 78.0 Å². The molecule has 0 saturated carbocycles. The number of carbonyl (C=O) groups excluding carboxylic acids is 2. The van der Waals surface area contributed by atoms with Crippen molar-refractivity contribution >= 4 is 11.8 Å². The molecule has 2 aromatic carbocycles. The molecule has 1 unspecified atom stereocenters. The lowest BCUT2D eigenvalue weighted by atomic mass is 9.63. The average molecular weight is 564 g/mol. The minimum absolute atomic E-state index is 0.0171. The number of benzene rings is 2. The molecule has 0 radical (unpaired) electrons. The van der Waals surface area contributed by atoms with Crippen molar-refractivity contribution in [2.75, 3.05) is 39.3 Å². The van der Waals surface area contributed by atoms with Gasteiger partial charge in [-0.15, -0.1) is 0 Å². The van der Waals surface area contributed by atoms with Crippen molar-refractivity contribution in [2.45, 2.75) is 62.8 Å². The van der Waals surface area contributed by atoms with Crippen LogP contribution in [0.2, 0.25) is 0 Å². The van der Waals surface area contributed by atoms with Crippen molar-refractivity contribution in [3.8, 4) is 0 Å². The van der Waals surface area contributed by atoms with Crippen molar-refractivity contribution in [3.63, 3.8) is 0 Å². The van der Waals surface area contributed by atoms with Gasteiger partial charge in [-0.05, 0) is 67.0 Å². The molecule has 5 nitrogen and oxygen atoms in total. The average Bonchev–Trinajstić information content (AvgIpc) is 3.29. The third-order valence-electron chi connectivity index (χ3n) is 9.15. The molecule has 0 spiro atoms. The fourth-order valence-electron chi connectivity index (χ4n) is 6.79. The second-order valence-corrected chi connectivity index (χ2v) is 11.5. The smallest absolute Gasteiger partial charge is 0.340 e. The molecule has 40 heavy (non-hydrogen) atoms. The molecule has 216 valence electrons. The Morgan fingerprint density at radius 2 is 1.65 bits per heavy atom. The number of carbonyl (C=O) groups is 2. The van der Waals surface area contributed by atoms with Crippen LogP contribution in [0.3, 0.4) is 0 Å². The van der Waals surface area contributed by atoms with E-state index >= 15 is 0 Å². The van der Waals surface area contributed by atoms with E-state index in [-0.39, 0.29) is 30.2 Å². The summed E-state index contributed by atoms with van der Waals surface area (Å²) in [5, 5.41) is 0. The molecule has 0 aromatic heterocycles. The van der Waals surface area contributed by atoms with Crippen molar-refractivity contribution in [1.82, 2.24) is 14.7 Å². The molecule has 2 aromatic rings. The van der Waals surface area contributed by atoms with Gasteiger partial charge in [0.05, 0.1) is 6.54 Å². The van der Waals surface area contributed by atoms with Crippen LogP contribution in [0.1, 0.15) is 48.9 Å². The number of hydrogen-bond acceptors (Lipinski definition) is 3. The predicted molar refractivity (Wildman–Crippen MR) is 140 cm³/mol. The second kappa shape index (κ2) is 10.4. The van der Waals surface area contributed by atoms with Crippen LogP contribution in [0.5, 0.6) is 0 Å². The Kier molecular flexibility index (Phi) is 7.44. The Morgan fingerprint density at radius 1 is 0.975 bits per heavy atom. The first-order valence-corrected chi connectivity index (χ1v) is 13.7. The minimum Gasteiger partial charge on any atom is -0.340 e. The van der Waals surface area contributed by atoms with Crippen LogP contribution in [0, 0.1) is 5.82 Å². The summed E-state index contributed by atoms with van der Waals surface area (Å²) in [6.45, 7) is 5.15. The molecular formula is C30H34F5N3O2. The van der Waals surface area contributed by atoms with Crippen molar-refractivity contribution < 1.29 is 31.5 Å². The maximum atomic E-state index is 14.9. The van der Waals surface area contributed by atoms with Gasteiger partial charge in [0.2, 0.25) is 17.5 Å². The van der Waals surface area contributed by atoms with Gasteiger partial charge in [-0.3, -0.25) is 14.5 Å². The Labute approximate surface area is 230 Å². The fourth-order valence-corrected chi connectivity index (χ4v) is 6.79. The summed E-state index contributed by atoms with van der Waals surface area (Å²) in [7, 11) is 0. The first-order valence-electron chi connectivity index (χ1n) is 13.7. The van der Waals surface area contributed by atoms with Gasteiger partial charge in [0, 0.05) is 51.1 Å². The number of piperazine rings is 1. The number of halogens is 5. The van der Waals surface area contributed by atoms with Gasteiger partial charge in [0.1, 0.15) is 5.82 Å². The van der Waals surface area contributed by atoms with Crippen LogP contribution in [0.25, 0.3) is 0 Å². The second-order valence-electron chi connectivity index (χ2n) is 11.5. The summed E-state index contributed by atoms with van der Waals surface area (Å²) in [6, 6.07) is 10.1. The molecule has 2 aliphatic heterocycles. The summed E-state index contributed by atoms with van der Waals surface area (Å²) in [5.74, 6) is -0.367. The van der Waals surface area contributed by atoms with E-state index in [0.717, 1.165) is 11.1 Å². The largest absolute Gasteiger partial charge is 0.426 e. The SMILES string of the molecule is CC(=O)N1CCN(CC(=O)N2CC[C@@]3(Cc4ccc(F)cc4)c4ccc(C(C)(F)C(F)(F)F)cc4CC[C@@H]23)CC1. The molecular weight excluding hydrogens is 529 g/mol. The molecule has 10 heteroatoms. The molecule has 2 fully saturated rings. The van der Waals surface area contributed by atoms with Gasteiger partial charge in [0.25, 0.3) is 0 Å². The molecule has 3 atom stereocenters. The summed E-state index contributed by atoms with van der Waals surface area (Å²) >= 11 is 0. The van der Waals surface area contributed by atoms with Crippen LogP contribution in [0.15, 0.2) is 42.5 Å². The van der Waals surface area contributed by atoms with E-state index in [1.807, 2.05) is 9.80 Å². The summed E-state index contributed by atoms with van der Waals surface area (Å²) in [4.78, 5) is 31.0. The fraction of sp³-hybridized carbons (Fsp3) is 0.533. The van der Waals surface area contributed by atoms with Crippen LogP contribution >= 0.6 is 0 Å². The monoisotopic (exact) mass is 563 g/mol. The zero-order valence-corrected chi connectivity index (χ0v) is 22.7. The number of fused-ring (bicyclic) bond motifs is 3. The molecule has 1 aliphatic carbocycles. The maximum Gasteiger partial charge on any atom is 0.426 e. The van der Waals surface area contributed by atoms with Crippen LogP contribution in [0.4, 0.5) is 22.0 Å². The Morgan fingerprint density at radius 3 is 2.27 bits per heavy atom. The van der Waals surface area contributed by atoms with Crippen molar-refractivity contribution in [1.29, 1.82) is 0 Å². The van der Waals surface area contributed by atoms with E-state index in [2.05, 4.69) is 0 Å². The first-order chi connectivity index (χ1) is 18.8. The molecule has 2 amide bonds. The van der Waals surface area contributed by atoms with Crippen LogP contribution in [-0.2, 0) is 33.5 Å². The van der Waals surface area contributed by atoms with Gasteiger partial charge < -0.3 is 9.80 Å². The van der Waals surface area contributed by atoms with E-state index < -0.39 is 22.8 Å². The number of rotatable bonds is 5. The Bertz CT molecular complexity index is 1270. The van der Waals surface area contributed by atoms with E-state index in [9.17, 15) is 31.5 Å². The van der Waals surface area contributed by atoms with Gasteiger partial charge in [-0.25, -0.2) is 8.78 Å². The molecule has 0 bridgehead atoms. The third kappa shape index (κ3) is 5.10. The molecule has 3 aliphatic rings. The summed E-state index contributed by atoms with van der Waals surface area (Å²) in [6.07, 6.45) is -3.00. The Hall–Kier alpha value is -3.01. The minimum atomic E-state index is -5.04. The van der Waals surface area contributed by atoms with Gasteiger partial charge >= 0.3 is 6.18 Å². The lowest BCUT2D eigenvalue weighted by Crippen LogP contribution is -2.54. The zero-order valence-electron chi connectivity index (χ0n) is 22.7. The topological polar surface area (TPSA) is 43.9 Å². The number of aryl methyl sites for hydroxylation is 1. The highest BCUT2D eigenvalue weighted by Crippen LogP contribution is 2.51. The molecule has 5 rings (SSSR count). The summed E-state index contributed by atoms with van der Waals surface area (Å²) < 4.78 is 69.0. The van der Waals surface area contributed by atoms with E-state index in [1.165, 1.54) is 31.2 Å².